The first kappa shape index (κ1) is 19.0. The van der Waals surface area contributed by atoms with E-state index in [0.717, 1.165) is 6.42 Å². The Bertz CT molecular complexity index is 636. The number of carbonyl (C=O) groups is 2. The number of aromatic nitrogens is 1. The van der Waals surface area contributed by atoms with E-state index >= 15 is 0 Å². The average molecular weight is 360 g/mol. The van der Waals surface area contributed by atoms with Crippen LogP contribution in [0.2, 0.25) is 0 Å². The quantitative estimate of drug-likeness (QED) is 0.612. The number of hydrogen-bond acceptors (Lipinski definition) is 5. The minimum absolute atomic E-state index is 0.120. The largest absolute Gasteiger partial charge is 0.495 e. The Labute approximate surface area is 142 Å². The van der Waals surface area contributed by atoms with Crippen molar-refractivity contribution in [1.29, 1.82) is 0 Å². The molecule has 6 nitrogen and oxygen atoms in total. The molecule has 1 aromatic heterocycles. The van der Waals surface area contributed by atoms with Crippen molar-refractivity contribution in [3.8, 4) is 5.75 Å². The number of likely N-dealkylation sites (tertiary alicyclic amines) is 1. The molecule has 0 N–H and O–H groups in total. The number of amides is 1. The summed E-state index contributed by atoms with van der Waals surface area (Å²) >= 11 is 0. The van der Waals surface area contributed by atoms with Crippen molar-refractivity contribution in [1.82, 2.24) is 9.88 Å². The van der Waals surface area contributed by atoms with E-state index in [1.807, 2.05) is 6.92 Å². The normalized spacial score (nSPS) is 20.9. The second kappa shape index (κ2) is 7.71. The highest BCUT2D eigenvalue weighted by Crippen LogP contribution is 2.34. The van der Waals surface area contributed by atoms with Gasteiger partial charge in [0.25, 0.3) is 0 Å². The molecule has 0 saturated carbocycles. The van der Waals surface area contributed by atoms with E-state index in [4.69, 9.17) is 4.74 Å². The van der Waals surface area contributed by atoms with Crippen LogP contribution in [-0.4, -0.2) is 48.2 Å². The number of alkyl halides is 3. The first-order valence-electron chi connectivity index (χ1n) is 7.74. The van der Waals surface area contributed by atoms with Crippen molar-refractivity contribution in [2.24, 2.45) is 5.92 Å². The van der Waals surface area contributed by atoms with Gasteiger partial charge in [-0.15, -0.1) is 0 Å². The van der Waals surface area contributed by atoms with Gasteiger partial charge in [0.05, 0.1) is 19.3 Å². The zero-order valence-electron chi connectivity index (χ0n) is 13.9. The third kappa shape index (κ3) is 5.07. The summed E-state index contributed by atoms with van der Waals surface area (Å²) in [4.78, 5) is 29.4. The molecular formula is C16H19F3N2O4. The SMILES string of the molecule is COc1cncc([C@H]2CC[C@H](C)CN2C(=O)C(=O)OCC(F)(F)F)c1. The zero-order valence-corrected chi connectivity index (χ0v) is 13.9. The summed E-state index contributed by atoms with van der Waals surface area (Å²) in [5.41, 5.74) is 0.656. The van der Waals surface area contributed by atoms with Crippen molar-refractivity contribution >= 4 is 11.9 Å². The van der Waals surface area contributed by atoms with Crippen LogP contribution in [0, 0.1) is 5.92 Å². The molecule has 0 spiro atoms. The first-order valence-corrected chi connectivity index (χ1v) is 7.74. The Morgan fingerprint density at radius 1 is 1.32 bits per heavy atom. The number of rotatable bonds is 3. The van der Waals surface area contributed by atoms with E-state index in [1.165, 1.54) is 18.2 Å². The maximum atomic E-state index is 12.3. The summed E-state index contributed by atoms with van der Waals surface area (Å²) in [5.74, 6) is -1.98. The van der Waals surface area contributed by atoms with Crippen molar-refractivity contribution in [3.05, 3.63) is 24.0 Å². The van der Waals surface area contributed by atoms with E-state index in [-0.39, 0.29) is 12.5 Å². The third-order valence-electron chi connectivity index (χ3n) is 3.97. The lowest BCUT2D eigenvalue weighted by Crippen LogP contribution is -2.45. The predicted molar refractivity (Wildman–Crippen MR) is 80.7 cm³/mol. The fourth-order valence-corrected chi connectivity index (χ4v) is 2.78. The number of ether oxygens (including phenoxy) is 2. The first-order chi connectivity index (χ1) is 11.7. The molecule has 138 valence electrons. The van der Waals surface area contributed by atoms with Crippen LogP contribution in [-0.2, 0) is 14.3 Å². The van der Waals surface area contributed by atoms with Crippen molar-refractivity contribution in [3.63, 3.8) is 0 Å². The fourth-order valence-electron chi connectivity index (χ4n) is 2.78. The standard InChI is InChI=1S/C16H19F3N2O4/c1-10-3-4-13(11-5-12(24-2)7-20-6-11)21(8-10)14(22)15(23)25-9-16(17,18)19/h5-7,10,13H,3-4,8-9H2,1-2H3/t10-,13+/m0/s1. The van der Waals surface area contributed by atoms with Gasteiger partial charge in [0.2, 0.25) is 0 Å². The molecule has 2 atom stereocenters. The van der Waals surface area contributed by atoms with Crippen LogP contribution in [0.25, 0.3) is 0 Å². The van der Waals surface area contributed by atoms with Gasteiger partial charge in [-0.05, 0) is 30.4 Å². The number of halogens is 3. The van der Waals surface area contributed by atoms with Crippen molar-refractivity contribution in [2.45, 2.75) is 32.0 Å². The van der Waals surface area contributed by atoms with E-state index in [1.54, 1.807) is 12.3 Å². The molecule has 25 heavy (non-hydrogen) atoms. The van der Waals surface area contributed by atoms with E-state index in [0.29, 0.717) is 17.7 Å². The van der Waals surface area contributed by atoms with Gasteiger partial charge >= 0.3 is 18.1 Å². The van der Waals surface area contributed by atoms with Crippen LogP contribution in [0.5, 0.6) is 5.75 Å². The minimum atomic E-state index is -4.68. The molecule has 1 aliphatic rings. The van der Waals surface area contributed by atoms with Crippen LogP contribution in [0.4, 0.5) is 13.2 Å². The maximum Gasteiger partial charge on any atom is 0.422 e. The highest BCUT2D eigenvalue weighted by atomic mass is 19.4. The van der Waals surface area contributed by atoms with Crippen LogP contribution in [0.3, 0.4) is 0 Å². The monoisotopic (exact) mass is 360 g/mol. The molecule has 1 fully saturated rings. The van der Waals surface area contributed by atoms with Gasteiger partial charge in [-0.25, -0.2) is 4.79 Å². The Hall–Kier alpha value is -2.32. The molecular weight excluding hydrogens is 341 g/mol. The summed E-state index contributed by atoms with van der Waals surface area (Å²) < 4.78 is 45.7. The Morgan fingerprint density at radius 2 is 2.04 bits per heavy atom. The Kier molecular flexibility index (Phi) is 5.86. The second-order valence-electron chi connectivity index (χ2n) is 6.01. The molecule has 2 heterocycles. The van der Waals surface area contributed by atoms with Crippen LogP contribution in [0.15, 0.2) is 18.5 Å². The summed E-state index contributed by atoms with van der Waals surface area (Å²) in [7, 11) is 1.47. The number of methoxy groups -OCH3 is 1. The number of carbonyl (C=O) groups excluding carboxylic acids is 2. The molecule has 1 aliphatic heterocycles. The van der Waals surface area contributed by atoms with Crippen LogP contribution >= 0.6 is 0 Å². The molecule has 9 heteroatoms. The highest BCUT2D eigenvalue weighted by molar-refractivity contribution is 6.32. The lowest BCUT2D eigenvalue weighted by Gasteiger charge is -2.38. The number of hydrogen-bond donors (Lipinski definition) is 0. The number of piperidine rings is 1. The minimum Gasteiger partial charge on any atom is -0.495 e. The van der Waals surface area contributed by atoms with Gasteiger partial charge in [-0.2, -0.15) is 13.2 Å². The van der Waals surface area contributed by atoms with Gasteiger partial charge < -0.3 is 14.4 Å². The van der Waals surface area contributed by atoms with Gasteiger partial charge in [0, 0.05) is 12.7 Å². The molecule has 0 radical (unpaired) electrons. The fraction of sp³-hybridized carbons (Fsp3) is 0.562. The van der Waals surface area contributed by atoms with Gasteiger partial charge in [-0.1, -0.05) is 6.92 Å². The van der Waals surface area contributed by atoms with Gasteiger partial charge in [0.15, 0.2) is 6.61 Å². The smallest absolute Gasteiger partial charge is 0.422 e. The summed E-state index contributed by atoms with van der Waals surface area (Å²) in [6.45, 7) is 0.371. The zero-order chi connectivity index (χ0) is 18.6. The summed E-state index contributed by atoms with van der Waals surface area (Å²) in [5, 5.41) is 0. The van der Waals surface area contributed by atoms with E-state index < -0.39 is 30.7 Å². The summed E-state index contributed by atoms with van der Waals surface area (Å²) in [6.07, 6.45) is -0.262. The number of pyridine rings is 1. The van der Waals surface area contributed by atoms with Crippen molar-refractivity contribution in [2.75, 3.05) is 20.3 Å². The molecule has 0 bridgehead atoms. The lowest BCUT2D eigenvalue weighted by atomic mass is 9.90. The molecule has 1 amide bonds. The Morgan fingerprint density at radius 3 is 2.68 bits per heavy atom. The van der Waals surface area contributed by atoms with Gasteiger partial charge in [0.1, 0.15) is 5.75 Å². The average Bonchev–Trinajstić information content (AvgIpc) is 2.58. The maximum absolute atomic E-state index is 12.3. The van der Waals surface area contributed by atoms with E-state index in [9.17, 15) is 22.8 Å². The highest BCUT2D eigenvalue weighted by Gasteiger charge is 2.37. The Balaban J connectivity index is 2.18. The number of esters is 1. The van der Waals surface area contributed by atoms with Crippen LogP contribution in [0.1, 0.15) is 31.4 Å². The molecule has 0 aromatic carbocycles. The summed E-state index contributed by atoms with van der Waals surface area (Å²) in [6, 6.07) is 1.22. The lowest BCUT2D eigenvalue weighted by molar-refractivity contribution is -0.190. The molecule has 0 unspecified atom stereocenters. The predicted octanol–water partition coefficient (Wildman–Crippen LogP) is 2.50. The third-order valence-corrected chi connectivity index (χ3v) is 3.97. The number of nitrogens with zero attached hydrogens (tertiary/aromatic N) is 2. The van der Waals surface area contributed by atoms with Gasteiger partial charge in [-0.3, -0.25) is 9.78 Å². The van der Waals surface area contributed by atoms with Crippen molar-refractivity contribution < 1.29 is 32.2 Å². The molecule has 1 aromatic rings. The second-order valence-corrected chi connectivity index (χ2v) is 6.01. The molecule has 0 aliphatic carbocycles. The molecule has 2 rings (SSSR count). The van der Waals surface area contributed by atoms with E-state index in [2.05, 4.69) is 9.72 Å². The molecule has 1 saturated heterocycles. The topological polar surface area (TPSA) is 68.7 Å². The van der Waals surface area contributed by atoms with Crippen LogP contribution < -0.4 is 4.74 Å².